The van der Waals surface area contributed by atoms with Gasteiger partial charge >= 0.3 is 5.97 Å². The fraction of sp³-hybridized carbons (Fsp3) is 0.429. The van der Waals surface area contributed by atoms with Crippen LogP contribution >= 0.6 is 34.2 Å². The molecule has 0 aliphatic carbocycles. The van der Waals surface area contributed by atoms with Crippen molar-refractivity contribution in [1.82, 2.24) is 5.32 Å². The summed E-state index contributed by atoms with van der Waals surface area (Å²) in [6, 6.07) is 3.16. The molecule has 0 heterocycles. The lowest BCUT2D eigenvalue weighted by Crippen LogP contribution is -2.34. The van der Waals surface area contributed by atoms with E-state index in [2.05, 4.69) is 5.32 Å². The van der Waals surface area contributed by atoms with Crippen LogP contribution in [0.15, 0.2) is 12.1 Å². The molecule has 0 spiro atoms. The number of amides is 1. The first-order chi connectivity index (χ1) is 9.64. The minimum atomic E-state index is -0.592. The molecule has 0 aliphatic heterocycles. The van der Waals surface area contributed by atoms with Crippen molar-refractivity contribution < 1.29 is 19.1 Å². The molecule has 0 aromatic heterocycles. The zero-order valence-corrected chi connectivity index (χ0v) is 15.2. The zero-order valence-electron chi connectivity index (χ0n) is 12.3. The smallest absolute Gasteiger partial charge is 0.325 e. The van der Waals surface area contributed by atoms with Crippen LogP contribution in [0.3, 0.4) is 0 Å². The molecule has 0 saturated heterocycles. The quantitative estimate of drug-likeness (QED) is 0.595. The van der Waals surface area contributed by atoms with E-state index in [4.69, 9.17) is 21.1 Å². The molecular weight excluding hydrogens is 409 g/mol. The second kappa shape index (κ2) is 7.31. The molecule has 1 aromatic rings. The van der Waals surface area contributed by atoms with Crippen molar-refractivity contribution in [3.8, 4) is 5.75 Å². The molecule has 21 heavy (non-hydrogen) atoms. The monoisotopic (exact) mass is 425 g/mol. The molecule has 0 aliphatic rings. The zero-order chi connectivity index (χ0) is 16.2. The summed E-state index contributed by atoms with van der Waals surface area (Å²) in [5.74, 6) is -0.562. The highest BCUT2D eigenvalue weighted by molar-refractivity contribution is 14.1. The van der Waals surface area contributed by atoms with Gasteiger partial charge in [-0.3, -0.25) is 9.59 Å². The van der Waals surface area contributed by atoms with Crippen LogP contribution < -0.4 is 10.1 Å². The Balaban J connectivity index is 2.77. The van der Waals surface area contributed by atoms with Crippen molar-refractivity contribution >= 4 is 46.1 Å². The van der Waals surface area contributed by atoms with Crippen LogP contribution in [0.25, 0.3) is 0 Å². The molecule has 7 heteroatoms. The van der Waals surface area contributed by atoms with E-state index >= 15 is 0 Å². The van der Waals surface area contributed by atoms with Crippen molar-refractivity contribution in [2.75, 3.05) is 13.7 Å². The number of carbonyl (C=O) groups excluding carboxylic acids is 2. The summed E-state index contributed by atoms with van der Waals surface area (Å²) in [5.41, 5.74) is -0.322. The Morgan fingerprint density at radius 1 is 1.33 bits per heavy atom. The Kier molecular flexibility index (Phi) is 6.27. The molecule has 5 nitrogen and oxygen atoms in total. The van der Waals surface area contributed by atoms with Crippen LogP contribution in [0.5, 0.6) is 5.75 Å². The SMILES string of the molecule is COc1cc(I)c(Cl)cc1C(=O)NCC(=O)OC(C)(C)C. The molecule has 1 rings (SSSR count). The molecule has 0 unspecified atom stereocenters. The maximum absolute atomic E-state index is 12.1. The van der Waals surface area contributed by atoms with Gasteiger partial charge in [0.05, 0.1) is 17.7 Å². The average molecular weight is 426 g/mol. The normalized spacial score (nSPS) is 11.0. The maximum atomic E-state index is 12.1. The van der Waals surface area contributed by atoms with Crippen molar-refractivity contribution in [2.45, 2.75) is 26.4 Å². The number of benzene rings is 1. The lowest BCUT2D eigenvalue weighted by Gasteiger charge is -2.19. The molecule has 1 amide bonds. The summed E-state index contributed by atoms with van der Waals surface area (Å²) in [6.45, 7) is 5.06. The number of methoxy groups -OCH3 is 1. The van der Waals surface area contributed by atoms with E-state index < -0.39 is 17.5 Å². The largest absolute Gasteiger partial charge is 0.496 e. The summed E-state index contributed by atoms with van der Waals surface area (Å²) in [6.07, 6.45) is 0. The molecule has 0 radical (unpaired) electrons. The number of esters is 1. The number of hydrogen-bond donors (Lipinski definition) is 1. The summed E-state index contributed by atoms with van der Waals surface area (Å²) in [7, 11) is 1.46. The molecule has 1 aromatic carbocycles. The van der Waals surface area contributed by atoms with Gasteiger partial charge in [-0.15, -0.1) is 0 Å². The average Bonchev–Trinajstić information content (AvgIpc) is 2.36. The van der Waals surface area contributed by atoms with Gasteiger partial charge in [-0.25, -0.2) is 0 Å². The van der Waals surface area contributed by atoms with Gasteiger partial charge in [0.1, 0.15) is 17.9 Å². The summed E-state index contributed by atoms with van der Waals surface area (Å²) < 4.78 is 11.0. The van der Waals surface area contributed by atoms with Gasteiger partial charge in [0, 0.05) is 3.57 Å². The summed E-state index contributed by atoms with van der Waals surface area (Å²) >= 11 is 8.04. The lowest BCUT2D eigenvalue weighted by atomic mass is 10.2. The highest BCUT2D eigenvalue weighted by Crippen LogP contribution is 2.28. The third kappa shape index (κ3) is 5.70. The van der Waals surface area contributed by atoms with Crippen molar-refractivity contribution in [2.24, 2.45) is 0 Å². The van der Waals surface area contributed by atoms with E-state index in [0.29, 0.717) is 10.8 Å². The van der Waals surface area contributed by atoms with E-state index in [1.54, 1.807) is 26.8 Å². The topological polar surface area (TPSA) is 64.6 Å². The molecule has 0 fully saturated rings. The first-order valence-electron chi connectivity index (χ1n) is 6.17. The Hall–Kier alpha value is -1.02. The second-order valence-corrected chi connectivity index (χ2v) is 6.81. The Bertz CT molecular complexity index is 555. The molecule has 0 saturated carbocycles. The summed E-state index contributed by atoms with van der Waals surface area (Å²) in [4.78, 5) is 23.7. The van der Waals surface area contributed by atoms with Crippen LogP contribution in [0.4, 0.5) is 0 Å². The van der Waals surface area contributed by atoms with Crippen LogP contribution in [0.1, 0.15) is 31.1 Å². The molecule has 0 bridgehead atoms. The van der Waals surface area contributed by atoms with Gasteiger partial charge in [0.25, 0.3) is 5.91 Å². The van der Waals surface area contributed by atoms with Gasteiger partial charge in [0.15, 0.2) is 0 Å². The predicted octanol–water partition coefficient (Wildman–Crippen LogP) is 3.02. The highest BCUT2D eigenvalue weighted by atomic mass is 127. The first-order valence-corrected chi connectivity index (χ1v) is 7.63. The highest BCUT2D eigenvalue weighted by Gasteiger charge is 2.19. The fourth-order valence-corrected chi connectivity index (χ4v) is 2.10. The van der Waals surface area contributed by atoms with Crippen LogP contribution in [-0.4, -0.2) is 31.1 Å². The number of ether oxygens (including phenoxy) is 2. The minimum Gasteiger partial charge on any atom is -0.496 e. The molecule has 116 valence electrons. The molecule has 1 N–H and O–H groups in total. The van der Waals surface area contributed by atoms with Crippen molar-refractivity contribution in [3.05, 3.63) is 26.3 Å². The maximum Gasteiger partial charge on any atom is 0.325 e. The van der Waals surface area contributed by atoms with Gasteiger partial charge in [-0.1, -0.05) is 11.6 Å². The van der Waals surface area contributed by atoms with Gasteiger partial charge in [-0.2, -0.15) is 0 Å². The first kappa shape index (κ1) is 18.0. The minimum absolute atomic E-state index is 0.219. The number of hydrogen-bond acceptors (Lipinski definition) is 4. The van der Waals surface area contributed by atoms with Crippen LogP contribution in [0.2, 0.25) is 5.02 Å². The van der Waals surface area contributed by atoms with Crippen LogP contribution in [-0.2, 0) is 9.53 Å². The second-order valence-electron chi connectivity index (χ2n) is 5.24. The number of rotatable bonds is 4. The van der Waals surface area contributed by atoms with Crippen molar-refractivity contribution in [1.29, 1.82) is 0 Å². The third-order valence-electron chi connectivity index (χ3n) is 2.30. The lowest BCUT2D eigenvalue weighted by molar-refractivity contribution is -0.153. The number of nitrogens with one attached hydrogen (secondary N) is 1. The Labute approximate surface area is 142 Å². The van der Waals surface area contributed by atoms with E-state index in [1.165, 1.54) is 13.2 Å². The van der Waals surface area contributed by atoms with Gasteiger partial charge in [-0.05, 0) is 55.5 Å². The Morgan fingerprint density at radius 3 is 2.48 bits per heavy atom. The fourth-order valence-electron chi connectivity index (χ4n) is 1.50. The third-order valence-corrected chi connectivity index (χ3v) is 3.82. The van der Waals surface area contributed by atoms with E-state index in [0.717, 1.165) is 3.57 Å². The van der Waals surface area contributed by atoms with Crippen molar-refractivity contribution in [3.63, 3.8) is 0 Å². The van der Waals surface area contributed by atoms with Gasteiger partial charge in [0.2, 0.25) is 0 Å². The summed E-state index contributed by atoms with van der Waals surface area (Å²) in [5, 5.41) is 2.93. The molecular formula is C14H17ClINO4. The van der Waals surface area contributed by atoms with E-state index in [1.807, 2.05) is 22.6 Å². The molecule has 0 atom stereocenters. The van der Waals surface area contributed by atoms with Crippen LogP contribution in [0, 0.1) is 3.57 Å². The predicted molar refractivity (Wildman–Crippen MR) is 88.9 cm³/mol. The van der Waals surface area contributed by atoms with E-state index in [-0.39, 0.29) is 12.1 Å². The number of carbonyl (C=O) groups is 2. The Morgan fingerprint density at radius 2 is 1.95 bits per heavy atom. The standard InChI is InChI=1S/C14H17ClINO4/c1-14(2,3)21-12(18)7-17-13(19)8-5-9(15)10(16)6-11(8)20-4/h5-6H,7H2,1-4H3,(H,17,19). The van der Waals surface area contributed by atoms with E-state index in [9.17, 15) is 9.59 Å². The van der Waals surface area contributed by atoms with Gasteiger partial charge < -0.3 is 14.8 Å². The number of halogens is 2.